The molecule has 4 atom stereocenters. The average molecular weight is 233 g/mol. The van der Waals surface area contributed by atoms with Gasteiger partial charge < -0.3 is 10.1 Å². The maximum absolute atomic E-state index is 13.1. The SMILES string of the molecule is COC(=O)C[C@H](C)C[C@@H]1N[C@H]2CC(F)(F)C12. The van der Waals surface area contributed by atoms with E-state index in [4.69, 9.17) is 0 Å². The van der Waals surface area contributed by atoms with Gasteiger partial charge in [-0.25, -0.2) is 8.78 Å². The highest BCUT2D eigenvalue weighted by Gasteiger charge is 2.65. The van der Waals surface area contributed by atoms with E-state index in [0.717, 1.165) is 0 Å². The van der Waals surface area contributed by atoms with Gasteiger partial charge in [0.1, 0.15) is 0 Å². The van der Waals surface area contributed by atoms with Crippen molar-refractivity contribution in [2.24, 2.45) is 11.8 Å². The van der Waals surface area contributed by atoms with Crippen LogP contribution in [0.25, 0.3) is 0 Å². The van der Waals surface area contributed by atoms with E-state index >= 15 is 0 Å². The Morgan fingerprint density at radius 2 is 2.31 bits per heavy atom. The van der Waals surface area contributed by atoms with Gasteiger partial charge in [-0.1, -0.05) is 6.92 Å². The molecule has 1 saturated heterocycles. The Labute approximate surface area is 93.5 Å². The second-order valence-corrected chi connectivity index (χ2v) is 4.99. The Morgan fingerprint density at radius 3 is 2.81 bits per heavy atom. The van der Waals surface area contributed by atoms with Crippen LogP contribution in [0.4, 0.5) is 8.78 Å². The molecule has 1 saturated carbocycles. The van der Waals surface area contributed by atoms with Gasteiger partial charge in [-0.3, -0.25) is 4.79 Å². The maximum Gasteiger partial charge on any atom is 0.305 e. The smallest absolute Gasteiger partial charge is 0.305 e. The summed E-state index contributed by atoms with van der Waals surface area (Å²) in [5.41, 5.74) is 0. The van der Waals surface area contributed by atoms with Gasteiger partial charge in [0.25, 0.3) is 5.92 Å². The first-order valence-corrected chi connectivity index (χ1v) is 5.64. The summed E-state index contributed by atoms with van der Waals surface area (Å²) >= 11 is 0. The number of piperidine rings is 1. The van der Waals surface area contributed by atoms with Crippen LogP contribution in [0, 0.1) is 11.8 Å². The minimum absolute atomic E-state index is 0.00493. The first-order valence-electron chi connectivity index (χ1n) is 5.64. The van der Waals surface area contributed by atoms with Gasteiger partial charge in [-0.15, -0.1) is 0 Å². The van der Waals surface area contributed by atoms with Gasteiger partial charge >= 0.3 is 5.97 Å². The second-order valence-electron chi connectivity index (χ2n) is 4.99. The van der Waals surface area contributed by atoms with Crippen LogP contribution in [0.2, 0.25) is 0 Å². The van der Waals surface area contributed by atoms with Crippen molar-refractivity contribution in [3.05, 3.63) is 0 Å². The normalized spacial score (nSPS) is 36.6. The molecule has 2 fully saturated rings. The zero-order valence-corrected chi connectivity index (χ0v) is 9.50. The number of nitrogens with one attached hydrogen (secondary N) is 1. The number of methoxy groups -OCH3 is 1. The van der Waals surface area contributed by atoms with Crippen molar-refractivity contribution in [1.82, 2.24) is 5.32 Å². The molecule has 0 spiro atoms. The fourth-order valence-corrected chi connectivity index (χ4v) is 2.79. The number of carbonyl (C=O) groups is 1. The van der Waals surface area contributed by atoms with Crippen LogP contribution >= 0.6 is 0 Å². The van der Waals surface area contributed by atoms with E-state index in [0.29, 0.717) is 12.8 Å². The summed E-state index contributed by atoms with van der Waals surface area (Å²) in [6.45, 7) is 1.89. The van der Waals surface area contributed by atoms with Crippen molar-refractivity contribution in [2.45, 2.75) is 44.2 Å². The molecule has 1 heterocycles. The molecule has 0 radical (unpaired) electrons. The molecule has 2 aliphatic rings. The van der Waals surface area contributed by atoms with Crippen LogP contribution in [0.3, 0.4) is 0 Å². The standard InChI is InChI=1S/C11H17F2NO2/c1-6(4-9(15)16-2)3-7-10-8(14-7)5-11(10,12)13/h6-8,10,14H,3-5H2,1-2H3/t6-,7+,8+,10?/m1/s1. The number of fused-ring (bicyclic) bond motifs is 1. The van der Waals surface area contributed by atoms with E-state index < -0.39 is 11.8 Å². The quantitative estimate of drug-likeness (QED) is 0.749. The topological polar surface area (TPSA) is 38.3 Å². The number of esters is 1. The van der Waals surface area contributed by atoms with Crippen LogP contribution < -0.4 is 5.32 Å². The predicted molar refractivity (Wildman–Crippen MR) is 54.2 cm³/mol. The third-order valence-electron chi connectivity index (χ3n) is 3.67. The lowest BCUT2D eigenvalue weighted by atomic mass is 9.62. The lowest BCUT2D eigenvalue weighted by Gasteiger charge is -2.59. The van der Waals surface area contributed by atoms with Gasteiger partial charge in [-0.2, -0.15) is 0 Å². The zero-order valence-electron chi connectivity index (χ0n) is 9.50. The second kappa shape index (κ2) is 3.95. The molecule has 0 bridgehead atoms. The Kier molecular flexibility index (Phi) is 2.90. The van der Waals surface area contributed by atoms with E-state index in [2.05, 4.69) is 10.1 Å². The highest BCUT2D eigenvalue weighted by Crippen LogP contribution is 2.52. The zero-order chi connectivity index (χ0) is 11.9. The summed E-state index contributed by atoms with van der Waals surface area (Å²) in [7, 11) is 1.34. The largest absolute Gasteiger partial charge is 0.469 e. The summed E-state index contributed by atoms with van der Waals surface area (Å²) < 4.78 is 30.8. The highest BCUT2D eigenvalue weighted by molar-refractivity contribution is 5.69. The molecule has 2 rings (SSSR count). The third-order valence-corrected chi connectivity index (χ3v) is 3.67. The summed E-state index contributed by atoms with van der Waals surface area (Å²) in [6.07, 6.45) is 0.892. The molecular formula is C11H17F2NO2. The average Bonchev–Trinajstić information content (AvgIpc) is 2.13. The van der Waals surface area contributed by atoms with Gasteiger partial charge in [0.15, 0.2) is 0 Å². The fourth-order valence-electron chi connectivity index (χ4n) is 2.79. The van der Waals surface area contributed by atoms with Crippen molar-refractivity contribution in [3.8, 4) is 0 Å². The number of carbonyl (C=O) groups excluding carboxylic acids is 1. The van der Waals surface area contributed by atoms with Crippen LogP contribution in [-0.4, -0.2) is 31.1 Å². The number of alkyl halides is 2. The fraction of sp³-hybridized carbons (Fsp3) is 0.909. The van der Waals surface area contributed by atoms with Crippen molar-refractivity contribution < 1.29 is 18.3 Å². The third kappa shape index (κ3) is 1.93. The lowest BCUT2D eigenvalue weighted by Crippen LogP contribution is -2.76. The number of ether oxygens (including phenoxy) is 1. The lowest BCUT2D eigenvalue weighted by molar-refractivity contribution is -0.214. The van der Waals surface area contributed by atoms with Crippen LogP contribution in [0.15, 0.2) is 0 Å². The number of rotatable bonds is 4. The predicted octanol–water partition coefficient (Wildman–Crippen LogP) is 1.57. The summed E-state index contributed by atoms with van der Waals surface area (Å²) in [6, 6.07) is -0.126. The van der Waals surface area contributed by atoms with Crippen molar-refractivity contribution in [2.75, 3.05) is 7.11 Å². The molecule has 5 heteroatoms. The van der Waals surface area contributed by atoms with Gasteiger partial charge in [0.2, 0.25) is 0 Å². The number of hydrogen-bond acceptors (Lipinski definition) is 3. The first kappa shape index (κ1) is 11.8. The van der Waals surface area contributed by atoms with E-state index in [-0.39, 0.29) is 30.4 Å². The first-order chi connectivity index (χ1) is 7.44. The molecule has 16 heavy (non-hydrogen) atoms. The van der Waals surface area contributed by atoms with Crippen molar-refractivity contribution in [3.63, 3.8) is 0 Å². The summed E-state index contributed by atoms with van der Waals surface area (Å²) in [5, 5.41) is 3.12. The van der Waals surface area contributed by atoms with Crippen molar-refractivity contribution in [1.29, 1.82) is 0 Å². The maximum atomic E-state index is 13.1. The molecule has 0 aromatic heterocycles. The van der Waals surface area contributed by atoms with Gasteiger partial charge in [-0.05, 0) is 12.3 Å². The van der Waals surface area contributed by atoms with Crippen LogP contribution in [-0.2, 0) is 9.53 Å². The molecule has 0 aromatic carbocycles. The minimum atomic E-state index is -2.49. The number of hydrogen-bond donors (Lipinski definition) is 1. The van der Waals surface area contributed by atoms with Crippen molar-refractivity contribution >= 4 is 5.97 Å². The van der Waals surface area contributed by atoms with E-state index in [1.54, 1.807) is 0 Å². The Bertz CT molecular complexity index is 296. The monoisotopic (exact) mass is 233 g/mol. The Hall–Kier alpha value is -0.710. The van der Waals surface area contributed by atoms with Crippen LogP contribution in [0.1, 0.15) is 26.2 Å². The molecule has 1 aliphatic heterocycles. The Balaban J connectivity index is 1.77. The molecule has 1 unspecified atom stereocenters. The number of halogens is 2. The molecule has 3 nitrogen and oxygen atoms in total. The molecule has 0 aromatic rings. The van der Waals surface area contributed by atoms with Gasteiger partial charge in [0, 0.05) is 24.9 Å². The Morgan fingerprint density at radius 1 is 1.62 bits per heavy atom. The van der Waals surface area contributed by atoms with Gasteiger partial charge in [0.05, 0.1) is 13.0 Å². The molecule has 1 aliphatic carbocycles. The molecular weight excluding hydrogens is 216 g/mol. The van der Waals surface area contributed by atoms with Crippen LogP contribution in [0.5, 0.6) is 0 Å². The highest BCUT2D eigenvalue weighted by atomic mass is 19.3. The summed E-state index contributed by atoms with van der Waals surface area (Å²) in [4.78, 5) is 11.0. The molecule has 92 valence electrons. The minimum Gasteiger partial charge on any atom is -0.469 e. The molecule has 0 amide bonds. The molecule has 1 N–H and O–H groups in total. The van der Waals surface area contributed by atoms with E-state index in [1.807, 2.05) is 6.92 Å². The van der Waals surface area contributed by atoms with E-state index in [9.17, 15) is 13.6 Å². The van der Waals surface area contributed by atoms with E-state index in [1.165, 1.54) is 7.11 Å². The summed E-state index contributed by atoms with van der Waals surface area (Å²) in [5.74, 6) is -3.19.